The minimum Gasteiger partial charge on any atom is -0.496 e. The predicted octanol–water partition coefficient (Wildman–Crippen LogP) is 3.20. The number of benzene rings is 1. The molecule has 0 saturated heterocycles. The summed E-state index contributed by atoms with van der Waals surface area (Å²) in [5.41, 5.74) is 2.27. The fourth-order valence-corrected chi connectivity index (χ4v) is 1.89. The van der Waals surface area contributed by atoms with Crippen LogP contribution in [0.15, 0.2) is 12.1 Å². The Morgan fingerprint density at radius 1 is 1.31 bits per heavy atom. The van der Waals surface area contributed by atoms with Crippen molar-refractivity contribution in [1.82, 2.24) is 5.32 Å². The van der Waals surface area contributed by atoms with Gasteiger partial charge in [0.1, 0.15) is 5.75 Å². The summed E-state index contributed by atoms with van der Waals surface area (Å²) in [6.07, 6.45) is 3.34. The number of unbranched alkanes of at least 4 members (excludes halogenated alkanes) is 1. The highest BCUT2D eigenvalue weighted by Crippen LogP contribution is 2.27. The molecule has 0 spiro atoms. The number of ether oxygens (including phenoxy) is 1. The molecule has 3 heteroatoms. The molecular weight excluding hydrogens is 222 g/mol. The van der Waals surface area contributed by atoms with Crippen LogP contribution in [0.4, 0.5) is 0 Å². The van der Waals surface area contributed by atoms with E-state index in [1.54, 1.807) is 7.11 Å². The van der Waals surface area contributed by atoms with E-state index in [-0.39, 0.29) is 0 Å². The molecule has 0 aliphatic carbocycles. The first kappa shape index (κ1) is 13.3. The van der Waals surface area contributed by atoms with Crippen molar-refractivity contribution in [3.8, 4) is 5.75 Å². The van der Waals surface area contributed by atoms with Gasteiger partial charge in [0.05, 0.1) is 7.11 Å². The largest absolute Gasteiger partial charge is 0.496 e. The Hall–Kier alpha value is -0.730. The molecular formula is C13H20ClNO. The average Bonchev–Trinajstić information content (AvgIpc) is 2.28. The number of hydrogen-bond acceptors (Lipinski definition) is 2. The molecule has 0 amide bonds. The van der Waals surface area contributed by atoms with Gasteiger partial charge in [-0.1, -0.05) is 11.6 Å². The summed E-state index contributed by atoms with van der Waals surface area (Å²) in [6, 6.07) is 4.03. The average molecular weight is 242 g/mol. The standard InChI is InChI=1S/C13H20ClNO/c1-10-8-13(16-3)11(9-12(10)14)6-4-5-7-15-2/h8-9,15H,4-7H2,1-3H3. The zero-order chi connectivity index (χ0) is 12.0. The molecule has 2 nitrogen and oxygen atoms in total. The van der Waals surface area contributed by atoms with Crippen molar-refractivity contribution >= 4 is 11.6 Å². The highest BCUT2D eigenvalue weighted by molar-refractivity contribution is 6.31. The van der Waals surface area contributed by atoms with Crippen LogP contribution < -0.4 is 10.1 Å². The summed E-state index contributed by atoms with van der Waals surface area (Å²) in [6.45, 7) is 3.05. The van der Waals surface area contributed by atoms with Gasteiger partial charge in [-0.05, 0) is 63.0 Å². The Morgan fingerprint density at radius 2 is 2.06 bits per heavy atom. The number of hydrogen-bond donors (Lipinski definition) is 1. The summed E-state index contributed by atoms with van der Waals surface area (Å²) >= 11 is 6.11. The minimum absolute atomic E-state index is 0.824. The Bertz CT molecular complexity index is 339. The summed E-state index contributed by atoms with van der Waals surface area (Å²) in [7, 11) is 3.68. The molecule has 0 heterocycles. The van der Waals surface area contributed by atoms with Gasteiger partial charge in [-0.25, -0.2) is 0 Å². The molecule has 0 aromatic heterocycles. The van der Waals surface area contributed by atoms with Crippen molar-refractivity contribution in [2.24, 2.45) is 0 Å². The number of rotatable bonds is 6. The van der Waals surface area contributed by atoms with Crippen LogP contribution >= 0.6 is 11.6 Å². The van der Waals surface area contributed by atoms with E-state index in [4.69, 9.17) is 16.3 Å². The highest BCUT2D eigenvalue weighted by atomic mass is 35.5. The van der Waals surface area contributed by atoms with Gasteiger partial charge in [-0.15, -0.1) is 0 Å². The molecule has 0 atom stereocenters. The van der Waals surface area contributed by atoms with Crippen LogP contribution in [-0.4, -0.2) is 20.7 Å². The Morgan fingerprint density at radius 3 is 2.69 bits per heavy atom. The van der Waals surface area contributed by atoms with Gasteiger partial charge in [0, 0.05) is 5.02 Å². The van der Waals surface area contributed by atoms with Crippen molar-refractivity contribution in [2.75, 3.05) is 20.7 Å². The minimum atomic E-state index is 0.824. The van der Waals surface area contributed by atoms with Crippen molar-refractivity contribution < 1.29 is 4.74 Å². The van der Waals surface area contributed by atoms with E-state index in [1.165, 1.54) is 12.0 Å². The summed E-state index contributed by atoms with van der Waals surface area (Å²) in [5, 5.41) is 3.97. The molecule has 0 saturated carbocycles. The fourth-order valence-electron chi connectivity index (χ4n) is 1.70. The van der Waals surface area contributed by atoms with Gasteiger partial charge in [-0.2, -0.15) is 0 Å². The van der Waals surface area contributed by atoms with E-state index < -0.39 is 0 Å². The van der Waals surface area contributed by atoms with E-state index in [1.807, 2.05) is 26.1 Å². The van der Waals surface area contributed by atoms with Crippen LogP contribution in [0, 0.1) is 6.92 Å². The van der Waals surface area contributed by atoms with E-state index in [2.05, 4.69) is 5.32 Å². The summed E-state index contributed by atoms with van der Waals surface area (Å²) < 4.78 is 5.36. The summed E-state index contributed by atoms with van der Waals surface area (Å²) in [5.74, 6) is 0.950. The highest BCUT2D eigenvalue weighted by Gasteiger charge is 2.06. The van der Waals surface area contributed by atoms with Crippen molar-refractivity contribution in [3.05, 3.63) is 28.3 Å². The van der Waals surface area contributed by atoms with Crippen LogP contribution in [0.1, 0.15) is 24.0 Å². The van der Waals surface area contributed by atoms with Crippen LogP contribution in [0.2, 0.25) is 5.02 Å². The van der Waals surface area contributed by atoms with Crippen molar-refractivity contribution in [3.63, 3.8) is 0 Å². The third kappa shape index (κ3) is 3.69. The van der Waals surface area contributed by atoms with Crippen LogP contribution in [0.3, 0.4) is 0 Å². The molecule has 0 unspecified atom stereocenters. The van der Waals surface area contributed by atoms with Gasteiger partial charge >= 0.3 is 0 Å². The lowest BCUT2D eigenvalue weighted by Gasteiger charge is -2.10. The fraction of sp³-hybridized carbons (Fsp3) is 0.538. The molecule has 90 valence electrons. The lowest BCUT2D eigenvalue weighted by molar-refractivity contribution is 0.408. The van der Waals surface area contributed by atoms with Crippen LogP contribution in [0.25, 0.3) is 0 Å². The zero-order valence-corrected chi connectivity index (χ0v) is 11.0. The van der Waals surface area contributed by atoms with Gasteiger partial charge in [0.2, 0.25) is 0 Å². The predicted molar refractivity (Wildman–Crippen MR) is 69.6 cm³/mol. The third-order valence-electron chi connectivity index (χ3n) is 2.68. The molecule has 0 fully saturated rings. The maximum Gasteiger partial charge on any atom is 0.122 e. The smallest absolute Gasteiger partial charge is 0.122 e. The lowest BCUT2D eigenvalue weighted by Crippen LogP contribution is -2.07. The van der Waals surface area contributed by atoms with Crippen molar-refractivity contribution in [1.29, 1.82) is 0 Å². The van der Waals surface area contributed by atoms with E-state index in [9.17, 15) is 0 Å². The topological polar surface area (TPSA) is 21.3 Å². The molecule has 1 rings (SSSR count). The van der Waals surface area contributed by atoms with Gasteiger partial charge < -0.3 is 10.1 Å². The Kier molecular flexibility index (Phi) is 5.64. The number of methoxy groups -OCH3 is 1. The van der Waals surface area contributed by atoms with Gasteiger partial charge in [0.15, 0.2) is 0 Å². The second-order valence-electron chi connectivity index (χ2n) is 3.97. The second kappa shape index (κ2) is 6.77. The molecule has 1 aromatic carbocycles. The maximum absolute atomic E-state index is 6.11. The molecule has 0 bridgehead atoms. The van der Waals surface area contributed by atoms with E-state index >= 15 is 0 Å². The van der Waals surface area contributed by atoms with E-state index in [0.717, 1.165) is 35.7 Å². The molecule has 0 aliphatic heterocycles. The van der Waals surface area contributed by atoms with Crippen LogP contribution in [0.5, 0.6) is 5.75 Å². The molecule has 1 aromatic rings. The quantitative estimate of drug-likeness (QED) is 0.773. The number of halogens is 1. The normalized spacial score (nSPS) is 10.5. The van der Waals surface area contributed by atoms with Crippen LogP contribution in [-0.2, 0) is 6.42 Å². The first-order valence-corrected chi connectivity index (χ1v) is 6.04. The Labute approximate surface area is 103 Å². The number of nitrogens with one attached hydrogen (secondary N) is 1. The van der Waals surface area contributed by atoms with E-state index in [0.29, 0.717) is 0 Å². The first-order valence-electron chi connectivity index (χ1n) is 5.66. The monoisotopic (exact) mass is 241 g/mol. The SMILES string of the molecule is CNCCCCc1cc(Cl)c(C)cc1OC. The van der Waals surface area contributed by atoms with Crippen molar-refractivity contribution in [2.45, 2.75) is 26.2 Å². The third-order valence-corrected chi connectivity index (χ3v) is 3.09. The zero-order valence-electron chi connectivity index (χ0n) is 10.3. The maximum atomic E-state index is 6.11. The Balaban J connectivity index is 2.66. The molecule has 0 aliphatic rings. The van der Waals surface area contributed by atoms with Gasteiger partial charge in [-0.3, -0.25) is 0 Å². The second-order valence-corrected chi connectivity index (χ2v) is 4.38. The molecule has 16 heavy (non-hydrogen) atoms. The van der Waals surface area contributed by atoms with Gasteiger partial charge in [0.25, 0.3) is 0 Å². The first-order chi connectivity index (χ1) is 7.69. The lowest BCUT2D eigenvalue weighted by atomic mass is 10.0. The molecule has 0 radical (unpaired) electrons. The molecule has 1 N–H and O–H groups in total. The number of aryl methyl sites for hydroxylation is 2. The summed E-state index contributed by atoms with van der Waals surface area (Å²) in [4.78, 5) is 0.